The molecule has 6 nitrogen and oxygen atoms in total. The first-order chi connectivity index (χ1) is 9.60. The van der Waals surface area contributed by atoms with Gasteiger partial charge < -0.3 is 19.7 Å². The second-order valence-electron chi connectivity index (χ2n) is 4.39. The van der Waals surface area contributed by atoms with Gasteiger partial charge in [-0.1, -0.05) is 6.58 Å². The number of carbonyl (C=O) groups excluding carboxylic acids is 1. The zero-order chi connectivity index (χ0) is 15.2. The van der Waals surface area contributed by atoms with Crippen molar-refractivity contribution in [2.24, 2.45) is 0 Å². The van der Waals surface area contributed by atoms with Crippen LogP contribution in [0, 0.1) is 0 Å². The Hall–Kier alpha value is -1.40. The third kappa shape index (κ3) is 11.7. The molecule has 1 atom stereocenters. The SMILES string of the molecule is C=CC(=O)O.O=C1CCCCCO1.OCC1CCCO1. The highest BCUT2D eigenvalue weighted by atomic mass is 16.5. The maximum atomic E-state index is 10.5. The zero-order valence-corrected chi connectivity index (χ0v) is 11.8. The first kappa shape index (κ1) is 18.6. The van der Waals surface area contributed by atoms with Crippen molar-refractivity contribution in [2.75, 3.05) is 19.8 Å². The number of carboxylic acid groups (broad SMARTS) is 1. The average Bonchev–Trinajstić information content (AvgIpc) is 2.87. The van der Waals surface area contributed by atoms with Crippen molar-refractivity contribution in [3.05, 3.63) is 12.7 Å². The van der Waals surface area contributed by atoms with E-state index in [2.05, 4.69) is 6.58 Å². The van der Waals surface area contributed by atoms with E-state index in [9.17, 15) is 9.59 Å². The topological polar surface area (TPSA) is 93.1 Å². The number of aliphatic hydroxyl groups is 1. The Kier molecular flexibility index (Phi) is 11.7. The molecule has 0 aliphatic carbocycles. The molecule has 20 heavy (non-hydrogen) atoms. The van der Waals surface area contributed by atoms with Crippen LogP contribution in [0.3, 0.4) is 0 Å². The molecule has 0 aromatic heterocycles. The third-order valence-corrected chi connectivity index (χ3v) is 2.69. The monoisotopic (exact) mass is 288 g/mol. The van der Waals surface area contributed by atoms with Crippen LogP contribution >= 0.6 is 0 Å². The lowest BCUT2D eigenvalue weighted by Gasteiger charge is -2.00. The van der Waals surface area contributed by atoms with Crippen LogP contribution in [-0.2, 0) is 19.1 Å². The number of hydrogen-bond donors (Lipinski definition) is 2. The van der Waals surface area contributed by atoms with Gasteiger partial charge in [0.25, 0.3) is 0 Å². The summed E-state index contributed by atoms with van der Waals surface area (Å²) < 4.78 is 9.82. The standard InChI is InChI=1S/C6H10O2.C5H10O2.C3H4O2/c7-6-4-2-1-3-5-8-6;6-4-5-2-1-3-7-5;1-2-3(4)5/h1-5H2;5-6H,1-4H2;2H,1H2,(H,4,5). The number of aliphatic carboxylic acids is 1. The van der Waals surface area contributed by atoms with Gasteiger partial charge in [-0.25, -0.2) is 4.79 Å². The molecule has 2 heterocycles. The molecule has 0 aromatic carbocycles. The van der Waals surface area contributed by atoms with Gasteiger partial charge in [-0.15, -0.1) is 0 Å². The molecule has 0 bridgehead atoms. The molecule has 2 rings (SSSR count). The predicted octanol–water partition coefficient (Wildman–Crippen LogP) is 1.52. The van der Waals surface area contributed by atoms with Gasteiger partial charge in [0, 0.05) is 19.1 Å². The van der Waals surface area contributed by atoms with Crippen molar-refractivity contribution in [1.29, 1.82) is 0 Å². The predicted molar refractivity (Wildman–Crippen MR) is 73.3 cm³/mol. The molecule has 2 N–H and O–H groups in total. The van der Waals surface area contributed by atoms with Gasteiger partial charge in [0.05, 0.1) is 19.3 Å². The first-order valence-electron chi connectivity index (χ1n) is 6.83. The van der Waals surface area contributed by atoms with Crippen molar-refractivity contribution >= 4 is 11.9 Å². The number of aliphatic hydroxyl groups excluding tert-OH is 1. The van der Waals surface area contributed by atoms with Crippen molar-refractivity contribution < 1.29 is 29.3 Å². The van der Waals surface area contributed by atoms with E-state index >= 15 is 0 Å². The van der Waals surface area contributed by atoms with Gasteiger partial charge in [0.1, 0.15) is 0 Å². The van der Waals surface area contributed by atoms with Crippen LogP contribution in [0.15, 0.2) is 12.7 Å². The van der Waals surface area contributed by atoms with Crippen LogP contribution in [-0.4, -0.2) is 48.1 Å². The van der Waals surface area contributed by atoms with Gasteiger partial charge in [0.2, 0.25) is 0 Å². The van der Waals surface area contributed by atoms with Crippen molar-refractivity contribution in [3.8, 4) is 0 Å². The minimum Gasteiger partial charge on any atom is -0.478 e. The Morgan fingerprint density at radius 1 is 1.30 bits per heavy atom. The summed E-state index contributed by atoms with van der Waals surface area (Å²) in [6.07, 6.45) is 6.97. The van der Waals surface area contributed by atoms with E-state index in [1.807, 2.05) is 0 Å². The summed E-state index contributed by atoms with van der Waals surface area (Å²) in [5, 5.41) is 16.0. The van der Waals surface area contributed by atoms with Gasteiger partial charge in [-0.05, 0) is 32.1 Å². The van der Waals surface area contributed by atoms with E-state index in [1.54, 1.807) is 0 Å². The quantitative estimate of drug-likeness (QED) is 0.591. The highest BCUT2D eigenvalue weighted by molar-refractivity contribution is 5.78. The Bertz CT molecular complexity index is 273. The Balaban J connectivity index is 0.000000280. The maximum absolute atomic E-state index is 10.5. The lowest BCUT2D eigenvalue weighted by molar-refractivity contribution is -0.142. The number of ether oxygens (including phenoxy) is 2. The Labute approximate surface area is 119 Å². The van der Waals surface area contributed by atoms with Gasteiger partial charge in [0.15, 0.2) is 0 Å². The molecule has 2 saturated heterocycles. The molecular weight excluding hydrogens is 264 g/mol. The van der Waals surface area contributed by atoms with Crippen LogP contribution in [0.5, 0.6) is 0 Å². The van der Waals surface area contributed by atoms with Crippen molar-refractivity contribution in [1.82, 2.24) is 0 Å². The molecule has 6 heteroatoms. The number of carboxylic acids is 1. The van der Waals surface area contributed by atoms with E-state index in [1.165, 1.54) is 0 Å². The fraction of sp³-hybridized carbons (Fsp3) is 0.714. The second-order valence-corrected chi connectivity index (χ2v) is 4.39. The molecule has 2 aliphatic rings. The molecule has 0 saturated carbocycles. The summed E-state index contributed by atoms with van der Waals surface area (Å²) in [7, 11) is 0. The Morgan fingerprint density at radius 2 is 2.00 bits per heavy atom. The van der Waals surface area contributed by atoms with Gasteiger partial charge >= 0.3 is 11.9 Å². The second kappa shape index (κ2) is 12.6. The minimum absolute atomic E-state index is 0.0255. The summed E-state index contributed by atoms with van der Waals surface area (Å²) in [4.78, 5) is 19.7. The zero-order valence-electron chi connectivity index (χ0n) is 11.8. The molecule has 2 fully saturated rings. The van der Waals surface area contributed by atoms with Crippen LogP contribution < -0.4 is 0 Å². The molecule has 0 amide bonds. The fourth-order valence-corrected chi connectivity index (χ4v) is 1.59. The van der Waals surface area contributed by atoms with Gasteiger partial charge in [-0.3, -0.25) is 4.79 Å². The number of cyclic esters (lactones) is 1. The third-order valence-electron chi connectivity index (χ3n) is 2.69. The van der Waals surface area contributed by atoms with E-state index in [0.29, 0.717) is 13.0 Å². The largest absolute Gasteiger partial charge is 0.478 e. The summed E-state index contributed by atoms with van der Waals surface area (Å²) in [5.41, 5.74) is 0. The van der Waals surface area contributed by atoms with Gasteiger partial charge in [-0.2, -0.15) is 0 Å². The van der Waals surface area contributed by atoms with Crippen LogP contribution in [0.25, 0.3) is 0 Å². The van der Waals surface area contributed by atoms with Crippen molar-refractivity contribution in [2.45, 2.75) is 44.6 Å². The number of carbonyl (C=O) groups is 2. The molecule has 0 spiro atoms. The van der Waals surface area contributed by atoms with E-state index in [0.717, 1.165) is 44.8 Å². The lowest BCUT2D eigenvalue weighted by Crippen LogP contribution is -2.09. The summed E-state index contributed by atoms with van der Waals surface area (Å²) in [6.45, 7) is 4.63. The normalized spacial score (nSPS) is 21.2. The van der Waals surface area contributed by atoms with Crippen LogP contribution in [0.1, 0.15) is 38.5 Å². The molecule has 1 unspecified atom stereocenters. The van der Waals surface area contributed by atoms with E-state index in [-0.39, 0.29) is 18.7 Å². The molecule has 0 radical (unpaired) electrons. The lowest BCUT2D eigenvalue weighted by atomic mass is 10.2. The minimum atomic E-state index is -0.981. The molecule has 2 aliphatic heterocycles. The molecule has 0 aromatic rings. The summed E-state index contributed by atoms with van der Waals surface area (Å²) >= 11 is 0. The highest BCUT2D eigenvalue weighted by Crippen LogP contribution is 2.09. The average molecular weight is 288 g/mol. The van der Waals surface area contributed by atoms with Crippen molar-refractivity contribution in [3.63, 3.8) is 0 Å². The van der Waals surface area contributed by atoms with Crippen LogP contribution in [0.4, 0.5) is 0 Å². The number of hydrogen-bond acceptors (Lipinski definition) is 5. The fourth-order valence-electron chi connectivity index (χ4n) is 1.59. The number of esters is 1. The summed E-state index contributed by atoms with van der Waals surface area (Å²) in [6, 6.07) is 0. The number of rotatable bonds is 2. The van der Waals surface area contributed by atoms with E-state index in [4.69, 9.17) is 19.7 Å². The van der Waals surface area contributed by atoms with Crippen LogP contribution in [0.2, 0.25) is 0 Å². The smallest absolute Gasteiger partial charge is 0.327 e. The first-order valence-corrected chi connectivity index (χ1v) is 6.83. The maximum Gasteiger partial charge on any atom is 0.327 e. The summed E-state index contributed by atoms with van der Waals surface area (Å²) in [5.74, 6) is -1.01. The highest BCUT2D eigenvalue weighted by Gasteiger charge is 2.12. The Morgan fingerprint density at radius 3 is 2.45 bits per heavy atom. The molecular formula is C14H24O6. The van der Waals surface area contributed by atoms with E-state index < -0.39 is 5.97 Å². The molecule has 116 valence electrons.